The Kier molecular flexibility index (Phi) is 5.48. The molecule has 0 spiro atoms. The highest BCUT2D eigenvalue weighted by Crippen LogP contribution is 2.17. The molecule has 0 radical (unpaired) electrons. The van der Waals surface area contributed by atoms with Crippen molar-refractivity contribution in [2.75, 3.05) is 42.9 Å². The molecule has 1 amide bonds. The van der Waals surface area contributed by atoms with E-state index < -0.39 is 0 Å². The van der Waals surface area contributed by atoms with Crippen molar-refractivity contribution >= 4 is 17.4 Å². The molecule has 1 N–H and O–H groups in total. The van der Waals surface area contributed by atoms with Crippen molar-refractivity contribution in [1.29, 1.82) is 0 Å². The monoisotopic (exact) mass is 339 g/mol. The van der Waals surface area contributed by atoms with Crippen LogP contribution in [0.15, 0.2) is 42.7 Å². The quantitative estimate of drug-likeness (QED) is 0.907. The molecule has 25 heavy (non-hydrogen) atoms. The van der Waals surface area contributed by atoms with Gasteiger partial charge in [-0.3, -0.25) is 4.79 Å². The minimum Gasteiger partial charge on any atom is -0.370 e. The second kappa shape index (κ2) is 7.96. The summed E-state index contributed by atoms with van der Waals surface area (Å²) in [5.74, 6) is 1.19. The van der Waals surface area contributed by atoms with Crippen LogP contribution in [0.5, 0.6) is 0 Å². The van der Waals surface area contributed by atoms with E-state index >= 15 is 0 Å². The summed E-state index contributed by atoms with van der Waals surface area (Å²) >= 11 is 0. The smallest absolute Gasteiger partial charge is 0.272 e. The van der Waals surface area contributed by atoms with Crippen molar-refractivity contribution in [3.05, 3.63) is 48.4 Å². The van der Waals surface area contributed by atoms with Gasteiger partial charge in [-0.2, -0.15) is 0 Å². The zero-order valence-corrected chi connectivity index (χ0v) is 14.9. The molecule has 0 unspecified atom stereocenters. The number of amides is 1. The zero-order chi connectivity index (χ0) is 17.6. The summed E-state index contributed by atoms with van der Waals surface area (Å²) in [5.41, 5.74) is 1.66. The number of anilines is 2. The SMILES string of the molecule is CC(C)CNc1cc(C(=O)N2CCN(c3ccccc3)CC2)ncn1. The fourth-order valence-corrected chi connectivity index (χ4v) is 2.85. The normalized spacial score (nSPS) is 14.7. The molecule has 1 aromatic heterocycles. The molecule has 1 fully saturated rings. The van der Waals surface area contributed by atoms with Crippen molar-refractivity contribution < 1.29 is 4.79 Å². The second-order valence-electron chi connectivity index (χ2n) is 6.68. The second-order valence-corrected chi connectivity index (χ2v) is 6.68. The van der Waals surface area contributed by atoms with Crippen LogP contribution >= 0.6 is 0 Å². The van der Waals surface area contributed by atoms with E-state index in [0.717, 1.165) is 19.6 Å². The molecule has 1 saturated heterocycles. The van der Waals surface area contributed by atoms with Gasteiger partial charge in [-0.1, -0.05) is 32.0 Å². The summed E-state index contributed by atoms with van der Waals surface area (Å²) in [6.07, 6.45) is 1.45. The molecule has 0 saturated carbocycles. The van der Waals surface area contributed by atoms with E-state index in [1.807, 2.05) is 23.1 Å². The third-order valence-corrected chi connectivity index (χ3v) is 4.27. The van der Waals surface area contributed by atoms with Gasteiger partial charge in [0.05, 0.1) is 0 Å². The number of aromatic nitrogens is 2. The third kappa shape index (κ3) is 4.47. The fraction of sp³-hybridized carbons (Fsp3) is 0.421. The minimum absolute atomic E-state index is 0.0253. The van der Waals surface area contributed by atoms with Crippen LogP contribution in [-0.2, 0) is 0 Å². The van der Waals surface area contributed by atoms with Crippen LogP contribution in [0, 0.1) is 5.92 Å². The van der Waals surface area contributed by atoms with Gasteiger partial charge < -0.3 is 15.1 Å². The molecule has 0 bridgehead atoms. The number of piperazine rings is 1. The van der Waals surface area contributed by atoms with E-state index in [2.05, 4.69) is 46.2 Å². The Morgan fingerprint density at radius 3 is 2.52 bits per heavy atom. The van der Waals surface area contributed by atoms with Gasteiger partial charge in [-0.25, -0.2) is 9.97 Å². The maximum Gasteiger partial charge on any atom is 0.272 e. The molecule has 6 heteroatoms. The van der Waals surface area contributed by atoms with Crippen LogP contribution in [0.4, 0.5) is 11.5 Å². The first-order valence-electron chi connectivity index (χ1n) is 8.78. The van der Waals surface area contributed by atoms with Gasteiger partial charge in [0, 0.05) is 44.5 Å². The van der Waals surface area contributed by atoms with E-state index in [4.69, 9.17) is 0 Å². The molecule has 1 aliphatic heterocycles. The highest BCUT2D eigenvalue weighted by Gasteiger charge is 2.23. The van der Waals surface area contributed by atoms with E-state index in [0.29, 0.717) is 30.5 Å². The molecule has 2 aromatic rings. The summed E-state index contributed by atoms with van der Waals surface area (Å²) in [4.78, 5) is 25.2. The highest BCUT2D eigenvalue weighted by atomic mass is 16.2. The number of nitrogens with one attached hydrogen (secondary N) is 1. The molecule has 2 heterocycles. The average Bonchev–Trinajstić information content (AvgIpc) is 2.67. The van der Waals surface area contributed by atoms with Crippen molar-refractivity contribution in [2.24, 2.45) is 5.92 Å². The number of benzene rings is 1. The van der Waals surface area contributed by atoms with Gasteiger partial charge in [0.2, 0.25) is 0 Å². The van der Waals surface area contributed by atoms with E-state index in [1.165, 1.54) is 12.0 Å². The summed E-state index contributed by atoms with van der Waals surface area (Å²) in [6.45, 7) is 8.15. The third-order valence-electron chi connectivity index (χ3n) is 4.27. The van der Waals surface area contributed by atoms with Gasteiger partial charge in [-0.15, -0.1) is 0 Å². The Morgan fingerprint density at radius 1 is 1.12 bits per heavy atom. The summed E-state index contributed by atoms with van der Waals surface area (Å²) in [7, 11) is 0. The Labute approximate surface area is 148 Å². The van der Waals surface area contributed by atoms with E-state index in [1.54, 1.807) is 6.07 Å². The minimum atomic E-state index is -0.0253. The van der Waals surface area contributed by atoms with Gasteiger partial charge in [0.1, 0.15) is 17.8 Å². The van der Waals surface area contributed by atoms with Gasteiger partial charge in [0.25, 0.3) is 5.91 Å². The number of para-hydroxylation sites is 1. The predicted molar refractivity (Wildman–Crippen MR) is 99.9 cm³/mol. The standard InChI is InChI=1S/C19H25N5O/c1-15(2)13-20-18-12-17(21-14-22-18)19(25)24-10-8-23(9-11-24)16-6-4-3-5-7-16/h3-7,12,14-15H,8-11,13H2,1-2H3,(H,20,21,22). The molecular weight excluding hydrogens is 314 g/mol. The summed E-state index contributed by atoms with van der Waals surface area (Å²) < 4.78 is 0. The van der Waals surface area contributed by atoms with Crippen LogP contribution in [0.3, 0.4) is 0 Å². The van der Waals surface area contributed by atoms with Gasteiger partial charge in [0.15, 0.2) is 0 Å². The largest absolute Gasteiger partial charge is 0.370 e. The molecule has 1 aliphatic rings. The topological polar surface area (TPSA) is 61.4 Å². The Balaban J connectivity index is 1.60. The Hall–Kier alpha value is -2.63. The Morgan fingerprint density at radius 2 is 1.84 bits per heavy atom. The van der Waals surface area contributed by atoms with Crippen LogP contribution in [0.25, 0.3) is 0 Å². The van der Waals surface area contributed by atoms with Crippen LogP contribution < -0.4 is 10.2 Å². The maximum atomic E-state index is 12.7. The van der Waals surface area contributed by atoms with Crippen molar-refractivity contribution in [1.82, 2.24) is 14.9 Å². The lowest BCUT2D eigenvalue weighted by molar-refractivity contribution is 0.0740. The van der Waals surface area contributed by atoms with Crippen molar-refractivity contribution in [3.63, 3.8) is 0 Å². The molecular formula is C19H25N5O. The van der Waals surface area contributed by atoms with E-state index in [-0.39, 0.29) is 5.91 Å². The van der Waals surface area contributed by atoms with Crippen LogP contribution in [0.2, 0.25) is 0 Å². The van der Waals surface area contributed by atoms with Crippen molar-refractivity contribution in [3.8, 4) is 0 Å². The molecule has 0 atom stereocenters. The lowest BCUT2D eigenvalue weighted by atomic mass is 10.2. The number of nitrogens with zero attached hydrogens (tertiary/aromatic N) is 4. The molecule has 3 rings (SSSR count). The first-order chi connectivity index (χ1) is 12.1. The number of rotatable bonds is 5. The van der Waals surface area contributed by atoms with E-state index in [9.17, 15) is 4.79 Å². The van der Waals surface area contributed by atoms with Crippen LogP contribution in [-0.4, -0.2) is 53.5 Å². The average molecular weight is 339 g/mol. The molecule has 1 aromatic carbocycles. The Bertz CT molecular complexity index is 696. The number of hydrogen-bond donors (Lipinski definition) is 1. The van der Waals surface area contributed by atoms with Crippen LogP contribution in [0.1, 0.15) is 24.3 Å². The van der Waals surface area contributed by atoms with Gasteiger partial charge >= 0.3 is 0 Å². The lowest BCUT2D eigenvalue weighted by Gasteiger charge is -2.36. The predicted octanol–water partition coefficient (Wildman–Crippen LogP) is 2.51. The number of carbonyl (C=O) groups is 1. The zero-order valence-electron chi connectivity index (χ0n) is 14.9. The molecule has 6 nitrogen and oxygen atoms in total. The fourth-order valence-electron chi connectivity index (χ4n) is 2.85. The molecule has 0 aliphatic carbocycles. The number of hydrogen-bond acceptors (Lipinski definition) is 5. The highest BCUT2D eigenvalue weighted by molar-refractivity contribution is 5.93. The maximum absolute atomic E-state index is 12.7. The van der Waals surface area contributed by atoms with Gasteiger partial charge in [-0.05, 0) is 18.1 Å². The first kappa shape index (κ1) is 17.2. The van der Waals surface area contributed by atoms with Crippen molar-refractivity contribution in [2.45, 2.75) is 13.8 Å². The summed E-state index contributed by atoms with van der Waals surface area (Å²) in [5, 5.41) is 3.24. The summed E-state index contributed by atoms with van der Waals surface area (Å²) in [6, 6.07) is 12.1. The lowest BCUT2D eigenvalue weighted by Crippen LogP contribution is -2.49. The first-order valence-corrected chi connectivity index (χ1v) is 8.78. The number of carbonyl (C=O) groups excluding carboxylic acids is 1. The molecule has 132 valence electrons.